The van der Waals surface area contributed by atoms with Crippen molar-refractivity contribution in [3.63, 3.8) is 0 Å². The number of fused-ring (bicyclic) bond motifs is 8. The van der Waals surface area contributed by atoms with Crippen LogP contribution in [0.5, 0.6) is 0 Å². The van der Waals surface area contributed by atoms with Crippen molar-refractivity contribution in [1.29, 1.82) is 0 Å². The average molecular weight is 694 g/mol. The van der Waals surface area contributed by atoms with Crippen molar-refractivity contribution in [2.75, 3.05) is 0 Å². The Morgan fingerprint density at radius 1 is 0.593 bits per heavy atom. The van der Waals surface area contributed by atoms with Crippen LogP contribution in [0.3, 0.4) is 0 Å². The van der Waals surface area contributed by atoms with Gasteiger partial charge >= 0.3 is 0 Å². The van der Waals surface area contributed by atoms with Crippen molar-refractivity contribution in [3.05, 3.63) is 198 Å². The molecule has 3 nitrogen and oxygen atoms in total. The Balaban J connectivity index is 0.933. The van der Waals surface area contributed by atoms with Gasteiger partial charge in [0.1, 0.15) is 0 Å². The van der Waals surface area contributed by atoms with Gasteiger partial charge in [0.2, 0.25) is 0 Å². The van der Waals surface area contributed by atoms with Gasteiger partial charge in [-0.2, -0.15) is 0 Å². The van der Waals surface area contributed by atoms with Crippen LogP contribution in [0.25, 0.3) is 71.6 Å². The number of allylic oxidation sites excluding steroid dienone is 7. The fraction of sp³-hybridized carbons (Fsp3) is 0.0980. The number of nitrogens with zero attached hydrogens (tertiary/aromatic N) is 2. The molecule has 2 unspecified atom stereocenters. The first-order chi connectivity index (χ1) is 26.7. The second kappa shape index (κ2) is 12.3. The van der Waals surface area contributed by atoms with Crippen molar-refractivity contribution < 1.29 is 0 Å². The first kappa shape index (κ1) is 31.1. The van der Waals surface area contributed by atoms with E-state index in [1.807, 2.05) is 0 Å². The predicted octanol–water partition coefficient (Wildman–Crippen LogP) is 12.5. The summed E-state index contributed by atoms with van der Waals surface area (Å²) in [5.41, 5.74) is 23.2. The Morgan fingerprint density at radius 3 is 2.00 bits per heavy atom. The first-order valence-corrected chi connectivity index (χ1v) is 19.2. The maximum absolute atomic E-state index is 6.68. The van der Waals surface area contributed by atoms with E-state index in [0.717, 1.165) is 19.3 Å². The molecule has 3 aliphatic carbocycles. The standard InChI is InChI=1S/C51H39N3/c52-46-18-10-17-42-38-13-4-5-14-39(38)43(51(42)46)28-23-33-21-26-37(27-22-33)54-48-20-9-7-16-41(48)45-32-35(25-30-50(45)54)34-24-29-49-44(31-34)40-15-6-8-19-47(40)53(49)36-11-2-1-3-12-36/h1-17,19-22,24-26,28-32,37,46H,18,23,27,52H2/b43-28-. The van der Waals surface area contributed by atoms with Gasteiger partial charge < -0.3 is 14.9 Å². The van der Waals surface area contributed by atoms with Crippen LogP contribution in [0.4, 0.5) is 0 Å². The van der Waals surface area contributed by atoms with Gasteiger partial charge in [-0.15, -0.1) is 0 Å². The van der Waals surface area contributed by atoms with E-state index < -0.39 is 0 Å². The molecule has 2 N–H and O–H groups in total. The molecular formula is C51H39N3. The summed E-state index contributed by atoms with van der Waals surface area (Å²) in [5, 5.41) is 5.14. The van der Waals surface area contributed by atoms with Gasteiger partial charge in [0.15, 0.2) is 0 Å². The highest BCUT2D eigenvalue weighted by Crippen LogP contribution is 2.46. The Morgan fingerprint density at radius 2 is 1.22 bits per heavy atom. The molecule has 0 aliphatic heterocycles. The van der Waals surface area contributed by atoms with Crippen LogP contribution >= 0.6 is 0 Å². The lowest BCUT2D eigenvalue weighted by Gasteiger charge is -2.21. The molecular weight excluding hydrogens is 655 g/mol. The van der Waals surface area contributed by atoms with Crippen LogP contribution in [0.1, 0.15) is 36.4 Å². The van der Waals surface area contributed by atoms with E-state index in [2.05, 4.69) is 185 Å². The molecule has 2 atom stereocenters. The number of rotatable bonds is 5. The van der Waals surface area contributed by atoms with Gasteiger partial charge in [0.25, 0.3) is 0 Å². The molecule has 0 saturated heterocycles. The molecule has 0 fully saturated rings. The second-order valence-corrected chi connectivity index (χ2v) is 14.9. The summed E-state index contributed by atoms with van der Waals surface area (Å²) < 4.78 is 4.93. The molecule has 0 saturated carbocycles. The minimum atomic E-state index is 0.0455. The number of benzene rings is 6. The number of hydrogen-bond acceptors (Lipinski definition) is 1. The lowest BCUT2D eigenvalue weighted by atomic mass is 9.90. The Hall–Kier alpha value is -6.42. The maximum atomic E-state index is 6.68. The molecule has 8 aromatic rings. The van der Waals surface area contributed by atoms with E-state index in [1.54, 1.807) is 0 Å². The van der Waals surface area contributed by atoms with E-state index in [4.69, 9.17) is 5.73 Å². The third kappa shape index (κ3) is 4.79. The van der Waals surface area contributed by atoms with E-state index >= 15 is 0 Å². The molecule has 3 heteroatoms. The van der Waals surface area contributed by atoms with Crippen molar-refractivity contribution in [3.8, 4) is 16.8 Å². The zero-order valence-electron chi connectivity index (χ0n) is 30.0. The Labute approximate surface area is 315 Å². The van der Waals surface area contributed by atoms with Gasteiger partial charge in [0, 0.05) is 44.3 Å². The average Bonchev–Trinajstić information content (AvgIpc) is 3.86. The van der Waals surface area contributed by atoms with Crippen LogP contribution in [0.15, 0.2) is 187 Å². The molecule has 2 aromatic heterocycles. The summed E-state index contributed by atoms with van der Waals surface area (Å²) in [7, 11) is 0. The second-order valence-electron chi connectivity index (χ2n) is 14.9. The third-order valence-electron chi connectivity index (χ3n) is 11.9. The lowest BCUT2D eigenvalue weighted by Crippen LogP contribution is -2.23. The summed E-state index contributed by atoms with van der Waals surface area (Å²) in [6, 6.07) is 51.4. The molecule has 0 bridgehead atoms. The Kier molecular flexibility index (Phi) is 7.11. The Bertz CT molecular complexity index is 2980. The third-order valence-corrected chi connectivity index (χ3v) is 11.9. The zero-order chi connectivity index (χ0) is 35.8. The van der Waals surface area contributed by atoms with E-state index in [9.17, 15) is 0 Å². The highest BCUT2D eigenvalue weighted by molar-refractivity contribution is 6.12. The molecule has 6 aromatic carbocycles. The van der Waals surface area contributed by atoms with Crippen molar-refractivity contribution in [2.45, 2.75) is 31.3 Å². The van der Waals surface area contributed by atoms with Crippen LogP contribution in [0, 0.1) is 0 Å². The summed E-state index contributed by atoms with van der Waals surface area (Å²) in [6.07, 6.45) is 16.8. The predicted molar refractivity (Wildman–Crippen MR) is 228 cm³/mol. The van der Waals surface area contributed by atoms with Crippen molar-refractivity contribution in [1.82, 2.24) is 9.13 Å². The minimum absolute atomic E-state index is 0.0455. The summed E-state index contributed by atoms with van der Waals surface area (Å²) >= 11 is 0. The quantitative estimate of drug-likeness (QED) is 0.191. The largest absolute Gasteiger partial charge is 0.333 e. The van der Waals surface area contributed by atoms with Crippen molar-refractivity contribution in [2.24, 2.45) is 5.73 Å². The first-order valence-electron chi connectivity index (χ1n) is 19.2. The number of nitrogens with two attached hydrogens (primary N) is 1. The summed E-state index contributed by atoms with van der Waals surface area (Å²) in [5.74, 6) is 0. The fourth-order valence-corrected chi connectivity index (χ4v) is 9.40. The molecule has 0 amide bonds. The zero-order valence-corrected chi connectivity index (χ0v) is 30.0. The molecule has 0 radical (unpaired) electrons. The van der Waals surface area contributed by atoms with E-state index in [0.29, 0.717) is 0 Å². The van der Waals surface area contributed by atoms with Gasteiger partial charge in [0.05, 0.1) is 17.1 Å². The highest BCUT2D eigenvalue weighted by Gasteiger charge is 2.30. The SMILES string of the molecule is NC1CC=CC2=C1/C(=C\CC1=CCC(n3c4ccccc4c4cc(-c5ccc6c(c5)c5ccccc5n6-c5ccccc5)ccc43)C=C1)c1ccccc12. The molecule has 3 aliphatic rings. The summed E-state index contributed by atoms with van der Waals surface area (Å²) in [4.78, 5) is 0. The summed E-state index contributed by atoms with van der Waals surface area (Å²) in [6.45, 7) is 0. The van der Waals surface area contributed by atoms with E-state index in [1.165, 1.54) is 93.8 Å². The topological polar surface area (TPSA) is 35.9 Å². The molecule has 2 heterocycles. The smallest absolute Gasteiger partial charge is 0.0560 e. The monoisotopic (exact) mass is 693 g/mol. The van der Waals surface area contributed by atoms with Crippen LogP contribution in [-0.4, -0.2) is 15.2 Å². The molecule has 11 rings (SSSR count). The molecule has 54 heavy (non-hydrogen) atoms. The van der Waals surface area contributed by atoms with Gasteiger partial charge in [-0.25, -0.2) is 0 Å². The van der Waals surface area contributed by atoms with Crippen LogP contribution in [-0.2, 0) is 0 Å². The molecule has 0 spiro atoms. The number of para-hydroxylation sites is 3. The lowest BCUT2D eigenvalue weighted by molar-refractivity contribution is 0.643. The fourth-order valence-electron chi connectivity index (χ4n) is 9.40. The van der Waals surface area contributed by atoms with Crippen molar-refractivity contribution >= 4 is 54.8 Å². The van der Waals surface area contributed by atoms with Gasteiger partial charge in [-0.1, -0.05) is 127 Å². The molecule has 258 valence electrons. The van der Waals surface area contributed by atoms with Crippen LogP contribution < -0.4 is 5.73 Å². The number of hydrogen-bond donors (Lipinski definition) is 1. The van der Waals surface area contributed by atoms with Crippen LogP contribution in [0.2, 0.25) is 0 Å². The highest BCUT2D eigenvalue weighted by atomic mass is 15.0. The normalized spacial score (nSPS) is 18.7. The van der Waals surface area contributed by atoms with Gasteiger partial charge in [-0.05, 0) is 112 Å². The van der Waals surface area contributed by atoms with E-state index in [-0.39, 0.29) is 12.1 Å². The maximum Gasteiger partial charge on any atom is 0.0560 e. The van der Waals surface area contributed by atoms with Gasteiger partial charge in [-0.3, -0.25) is 0 Å². The number of aromatic nitrogens is 2. The minimum Gasteiger partial charge on any atom is -0.333 e.